The molecule has 6 heteroatoms. The highest BCUT2D eigenvalue weighted by atomic mass is 32.3. The molecule has 1 aliphatic heterocycles. The van der Waals surface area contributed by atoms with Crippen LogP contribution in [-0.4, -0.2) is 78.6 Å². The maximum atomic E-state index is 12.4. The zero-order valence-electron chi connectivity index (χ0n) is 15.7. The zero-order chi connectivity index (χ0) is 18.0. The van der Waals surface area contributed by atoms with E-state index in [4.69, 9.17) is 4.74 Å². The number of nitrogens with one attached hydrogen (secondary N) is 1. The first-order valence-corrected chi connectivity index (χ1v) is 11.5. The number of benzene rings is 1. The summed E-state index contributed by atoms with van der Waals surface area (Å²) in [6.45, 7) is 2.34. The van der Waals surface area contributed by atoms with Crippen molar-refractivity contribution in [3.05, 3.63) is 30.0 Å². The second-order valence-electron chi connectivity index (χ2n) is 7.67. The minimum atomic E-state index is -0.553. The van der Waals surface area contributed by atoms with Crippen LogP contribution < -0.4 is 4.74 Å². The van der Waals surface area contributed by atoms with Crippen LogP contribution in [0.3, 0.4) is 0 Å². The van der Waals surface area contributed by atoms with Crippen molar-refractivity contribution in [3.8, 4) is 5.75 Å². The van der Waals surface area contributed by atoms with Crippen LogP contribution in [0, 0.1) is 0 Å². The van der Waals surface area contributed by atoms with Gasteiger partial charge in [0, 0.05) is 36.1 Å². The fourth-order valence-corrected chi connectivity index (χ4v) is 5.40. The Hall–Kier alpha value is -1.50. The van der Waals surface area contributed by atoms with E-state index in [0.29, 0.717) is 12.3 Å². The van der Waals surface area contributed by atoms with Crippen molar-refractivity contribution in [1.82, 2.24) is 14.8 Å². The molecule has 0 saturated carbocycles. The summed E-state index contributed by atoms with van der Waals surface area (Å²) in [5.74, 6) is 2.75. The summed E-state index contributed by atoms with van der Waals surface area (Å²) in [5, 5.41) is 1.03. The second-order valence-corrected chi connectivity index (χ2v) is 11.9. The van der Waals surface area contributed by atoms with Crippen LogP contribution in [-0.2, 0) is 11.2 Å². The van der Waals surface area contributed by atoms with Gasteiger partial charge < -0.3 is 14.6 Å². The van der Waals surface area contributed by atoms with Gasteiger partial charge in [0.1, 0.15) is 5.75 Å². The third kappa shape index (κ3) is 4.57. The number of aromatic amines is 1. The van der Waals surface area contributed by atoms with Gasteiger partial charge in [0.05, 0.1) is 6.54 Å². The predicted molar refractivity (Wildman–Crippen MR) is 107 cm³/mol. The van der Waals surface area contributed by atoms with E-state index >= 15 is 0 Å². The number of carbonyl (C=O) groups is 1. The summed E-state index contributed by atoms with van der Waals surface area (Å²) in [7, 11) is 3.58. The van der Waals surface area contributed by atoms with Gasteiger partial charge >= 0.3 is 5.97 Å². The van der Waals surface area contributed by atoms with Gasteiger partial charge in [-0.05, 0) is 56.5 Å². The summed E-state index contributed by atoms with van der Waals surface area (Å²) in [5.41, 5.74) is 2.21. The fraction of sp³-hybridized carbons (Fsp3) is 0.526. The average Bonchev–Trinajstić information content (AvgIpc) is 3.09. The standard InChI is InChI=1S/C19H29N3O2S/c1-21(2)9-8-15-12-20-16-6-5-7-17(19(15)16)24-18(23)13-22-10-11-25(3,4)14-22/h5-7,12,20H,8-11,13-14H2,1-4H3. The molecule has 2 heterocycles. The zero-order valence-corrected chi connectivity index (χ0v) is 16.5. The van der Waals surface area contributed by atoms with Gasteiger partial charge in [-0.25, -0.2) is 10.0 Å². The Labute approximate surface area is 151 Å². The van der Waals surface area contributed by atoms with Gasteiger partial charge in [-0.3, -0.25) is 9.69 Å². The molecule has 25 heavy (non-hydrogen) atoms. The number of H-pyrrole nitrogens is 1. The molecule has 0 aliphatic carbocycles. The molecule has 0 spiro atoms. The highest BCUT2D eigenvalue weighted by molar-refractivity contribution is 8.32. The Morgan fingerprint density at radius 3 is 2.84 bits per heavy atom. The summed E-state index contributed by atoms with van der Waals surface area (Å²) < 4.78 is 5.76. The van der Waals surface area contributed by atoms with Crippen molar-refractivity contribution in [2.75, 3.05) is 57.9 Å². The number of ether oxygens (including phenoxy) is 1. The topological polar surface area (TPSA) is 48.6 Å². The molecule has 0 unspecified atom stereocenters. The number of hydrogen-bond acceptors (Lipinski definition) is 4. The Balaban J connectivity index is 1.72. The lowest BCUT2D eigenvalue weighted by atomic mass is 10.1. The number of fused-ring (bicyclic) bond motifs is 1. The van der Waals surface area contributed by atoms with Crippen molar-refractivity contribution in [2.45, 2.75) is 6.42 Å². The van der Waals surface area contributed by atoms with Crippen LogP contribution in [0.4, 0.5) is 0 Å². The van der Waals surface area contributed by atoms with Gasteiger partial charge in [-0.2, -0.15) is 0 Å². The molecule has 3 rings (SSSR count). The third-order valence-corrected chi connectivity index (χ3v) is 7.00. The van der Waals surface area contributed by atoms with Crippen molar-refractivity contribution in [1.29, 1.82) is 0 Å². The largest absolute Gasteiger partial charge is 0.425 e. The number of likely N-dealkylation sites (N-methyl/N-ethyl adjacent to an activating group) is 1. The normalized spacial score (nSPS) is 18.8. The van der Waals surface area contributed by atoms with Gasteiger partial charge in [0.25, 0.3) is 0 Å². The van der Waals surface area contributed by atoms with E-state index in [1.165, 1.54) is 11.3 Å². The molecule has 1 fully saturated rings. The molecule has 1 saturated heterocycles. The minimum Gasteiger partial charge on any atom is -0.425 e. The van der Waals surface area contributed by atoms with E-state index in [1.807, 2.05) is 24.4 Å². The Kier molecular flexibility index (Phi) is 5.41. The number of aromatic nitrogens is 1. The number of nitrogens with zero attached hydrogens (tertiary/aromatic N) is 2. The maximum absolute atomic E-state index is 12.4. The lowest BCUT2D eigenvalue weighted by Crippen LogP contribution is -2.30. The van der Waals surface area contributed by atoms with Crippen LogP contribution in [0.5, 0.6) is 5.75 Å². The maximum Gasteiger partial charge on any atom is 0.325 e. The van der Waals surface area contributed by atoms with Crippen molar-refractivity contribution in [3.63, 3.8) is 0 Å². The van der Waals surface area contributed by atoms with Crippen LogP contribution >= 0.6 is 10.0 Å². The van der Waals surface area contributed by atoms with Crippen LogP contribution in [0.15, 0.2) is 24.4 Å². The van der Waals surface area contributed by atoms with E-state index in [1.54, 1.807) is 0 Å². The van der Waals surface area contributed by atoms with E-state index in [2.05, 4.69) is 41.4 Å². The molecule has 138 valence electrons. The Morgan fingerprint density at radius 1 is 1.36 bits per heavy atom. The van der Waals surface area contributed by atoms with Gasteiger partial charge in [-0.1, -0.05) is 6.07 Å². The van der Waals surface area contributed by atoms with E-state index in [-0.39, 0.29) is 5.97 Å². The molecule has 0 bridgehead atoms. The van der Waals surface area contributed by atoms with Crippen LogP contribution in [0.1, 0.15) is 5.56 Å². The first-order chi connectivity index (χ1) is 11.8. The SMILES string of the molecule is CN(C)CCc1c[nH]c2cccc(OC(=O)CN3CCS(C)(C)C3)c12. The lowest BCUT2D eigenvalue weighted by Gasteiger charge is -2.24. The van der Waals surface area contributed by atoms with E-state index in [0.717, 1.165) is 36.3 Å². The summed E-state index contributed by atoms with van der Waals surface area (Å²) in [6.07, 6.45) is 7.61. The van der Waals surface area contributed by atoms with Crippen LogP contribution in [0.2, 0.25) is 0 Å². The molecule has 1 aromatic heterocycles. The smallest absolute Gasteiger partial charge is 0.325 e. The predicted octanol–water partition coefficient (Wildman–Crippen LogP) is 2.51. The summed E-state index contributed by atoms with van der Waals surface area (Å²) >= 11 is 0. The highest BCUT2D eigenvalue weighted by Crippen LogP contribution is 2.44. The van der Waals surface area contributed by atoms with Crippen molar-refractivity contribution in [2.24, 2.45) is 0 Å². The molecular weight excluding hydrogens is 334 g/mol. The molecule has 5 nitrogen and oxygen atoms in total. The fourth-order valence-electron chi connectivity index (χ4n) is 3.31. The number of hydrogen-bond donors (Lipinski definition) is 1. The molecule has 0 radical (unpaired) electrons. The van der Waals surface area contributed by atoms with Crippen LogP contribution in [0.25, 0.3) is 10.9 Å². The van der Waals surface area contributed by atoms with Gasteiger partial charge in [0.2, 0.25) is 0 Å². The Bertz CT molecular complexity index is 754. The molecule has 0 atom stereocenters. The average molecular weight is 364 g/mol. The number of carbonyl (C=O) groups excluding carboxylic acids is 1. The summed E-state index contributed by atoms with van der Waals surface area (Å²) in [6, 6.07) is 5.85. The second kappa shape index (κ2) is 7.40. The monoisotopic (exact) mass is 363 g/mol. The highest BCUT2D eigenvalue weighted by Gasteiger charge is 2.27. The van der Waals surface area contributed by atoms with Crippen molar-refractivity contribution >= 4 is 26.9 Å². The van der Waals surface area contributed by atoms with E-state index in [9.17, 15) is 4.79 Å². The Morgan fingerprint density at radius 2 is 2.16 bits per heavy atom. The molecule has 1 aromatic carbocycles. The molecule has 0 amide bonds. The molecule has 1 aliphatic rings. The van der Waals surface area contributed by atoms with E-state index < -0.39 is 10.0 Å². The van der Waals surface area contributed by atoms with Crippen molar-refractivity contribution < 1.29 is 9.53 Å². The molecule has 2 aromatic rings. The van der Waals surface area contributed by atoms with Gasteiger partial charge in [-0.15, -0.1) is 0 Å². The summed E-state index contributed by atoms with van der Waals surface area (Å²) in [4.78, 5) is 20.1. The number of rotatable bonds is 6. The lowest BCUT2D eigenvalue weighted by molar-refractivity contribution is -0.135. The van der Waals surface area contributed by atoms with Gasteiger partial charge in [0.15, 0.2) is 0 Å². The number of esters is 1. The minimum absolute atomic E-state index is 0.163. The molecular formula is C19H29N3O2S. The third-order valence-electron chi connectivity index (χ3n) is 4.65. The first kappa shape index (κ1) is 18.3. The molecule has 1 N–H and O–H groups in total. The first-order valence-electron chi connectivity index (χ1n) is 8.69. The quantitative estimate of drug-likeness (QED) is 0.633.